The van der Waals surface area contributed by atoms with Gasteiger partial charge < -0.3 is 20.1 Å². The number of nitrogens with zero attached hydrogens (tertiary/aromatic N) is 1. The molecule has 0 atom stereocenters. The summed E-state index contributed by atoms with van der Waals surface area (Å²) in [4.78, 5) is 14.6. The van der Waals surface area contributed by atoms with Crippen LogP contribution in [0.4, 0.5) is 11.4 Å². The molecule has 0 bridgehead atoms. The number of amides is 1. The lowest BCUT2D eigenvalue weighted by molar-refractivity contribution is -0.117. The maximum absolute atomic E-state index is 12.9. The summed E-state index contributed by atoms with van der Waals surface area (Å²) in [6.45, 7) is 2.75. The van der Waals surface area contributed by atoms with Crippen LogP contribution >= 0.6 is 0 Å². The molecular formula is C20H22N2O3. The Bertz CT molecular complexity index is 797. The molecule has 1 amide bonds. The molecule has 25 heavy (non-hydrogen) atoms. The third-order valence-corrected chi connectivity index (χ3v) is 4.10. The zero-order valence-corrected chi connectivity index (χ0v) is 14.5. The molecule has 0 radical (unpaired) electrons. The summed E-state index contributed by atoms with van der Waals surface area (Å²) in [5.74, 6) is 1.53. The van der Waals surface area contributed by atoms with E-state index in [2.05, 4.69) is 6.92 Å². The highest BCUT2D eigenvalue weighted by Crippen LogP contribution is 2.37. The molecular weight excluding hydrogens is 316 g/mol. The van der Waals surface area contributed by atoms with Crippen molar-refractivity contribution in [2.75, 3.05) is 24.3 Å². The van der Waals surface area contributed by atoms with Crippen LogP contribution in [0.1, 0.15) is 25.3 Å². The molecule has 2 aromatic carbocycles. The predicted octanol–water partition coefficient (Wildman–Crippen LogP) is 3.84. The largest absolute Gasteiger partial charge is 0.497 e. The van der Waals surface area contributed by atoms with Gasteiger partial charge in [-0.3, -0.25) is 4.79 Å². The zero-order chi connectivity index (χ0) is 17.8. The normalized spacial score (nSPS) is 15.0. The van der Waals surface area contributed by atoms with Gasteiger partial charge in [-0.2, -0.15) is 0 Å². The summed E-state index contributed by atoms with van der Waals surface area (Å²) in [5, 5.41) is 0. The van der Waals surface area contributed by atoms with Gasteiger partial charge in [-0.05, 0) is 42.3 Å². The third-order valence-electron chi connectivity index (χ3n) is 4.10. The Balaban J connectivity index is 1.97. The first kappa shape index (κ1) is 16.9. The van der Waals surface area contributed by atoms with Crippen molar-refractivity contribution >= 4 is 23.4 Å². The molecule has 3 rings (SSSR count). The van der Waals surface area contributed by atoms with Gasteiger partial charge in [0.05, 0.1) is 12.8 Å². The van der Waals surface area contributed by atoms with Gasteiger partial charge in [-0.25, -0.2) is 0 Å². The Morgan fingerprint density at radius 1 is 1.20 bits per heavy atom. The van der Waals surface area contributed by atoms with Crippen molar-refractivity contribution in [3.05, 3.63) is 53.8 Å². The highest BCUT2D eigenvalue weighted by atomic mass is 16.5. The number of fused-ring (bicyclic) bond motifs is 1. The Morgan fingerprint density at radius 3 is 2.64 bits per heavy atom. The minimum atomic E-state index is -0.137. The molecule has 2 N–H and O–H groups in total. The quantitative estimate of drug-likeness (QED) is 0.664. The number of carbonyl (C=O) groups excluding carboxylic acids is 1. The molecule has 0 spiro atoms. The second kappa shape index (κ2) is 7.30. The number of methoxy groups -OCH3 is 1. The fourth-order valence-corrected chi connectivity index (χ4v) is 2.72. The van der Waals surface area contributed by atoms with E-state index in [4.69, 9.17) is 15.2 Å². The van der Waals surface area contributed by atoms with Gasteiger partial charge in [0.2, 0.25) is 0 Å². The number of benzene rings is 2. The van der Waals surface area contributed by atoms with E-state index >= 15 is 0 Å². The Labute approximate surface area is 147 Å². The molecule has 1 aliphatic rings. The molecule has 5 heteroatoms. The minimum absolute atomic E-state index is 0.137. The Morgan fingerprint density at radius 2 is 1.96 bits per heavy atom. The molecule has 1 heterocycles. The van der Waals surface area contributed by atoms with E-state index in [0.717, 1.165) is 29.8 Å². The van der Waals surface area contributed by atoms with Gasteiger partial charge in [0.25, 0.3) is 5.91 Å². The van der Waals surface area contributed by atoms with Gasteiger partial charge in [0.15, 0.2) is 11.5 Å². The van der Waals surface area contributed by atoms with Crippen molar-refractivity contribution in [3.8, 4) is 11.5 Å². The van der Waals surface area contributed by atoms with E-state index in [-0.39, 0.29) is 5.91 Å². The molecule has 0 saturated heterocycles. The second-order valence-corrected chi connectivity index (χ2v) is 5.92. The number of unbranched alkanes of at least 4 members (excludes halogenated alkanes) is 1. The van der Waals surface area contributed by atoms with Crippen molar-refractivity contribution in [1.29, 1.82) is 0 Å². The van der Waals surface area contributed by atoms with Crippen LogP contribution in [0.3, 0.4) is 0 Å². The van der Waals surface area contributed by atoms with E-state index in [0.29, 0.717) is 23.7 Å². The number of ether oxygens (including phenoxy) is 2. The lowest BCUT2D eigenvalue weighted by Gasteiger charge is -2.30. The van der Waals surface area contributed by atoms with Gasteiger partial charge in [-0.1, -0.05) is 25.5 Å². The van der Waals surface area contributed by atoms with Gasteiger partial charge >= 0.3 is 0 Å². The van der Waals surface area contributed by atoms with Crippen molar-refractivity contribution in [2.24, 2.45) is 0 Å². The highest BCUT2D eigenvalue weighted by molar-refractivity contribution is 6.10. The van der Waals surface area contributed by atoms with Crippen molar-refractivity contribution in [3.63, 3.8) is 0 Å². The van der Waals surface area contributed by atoms with Crippen molar-refractivity contribution < 1.29 is 14.3 Å². The van der Waals surface area contributed by atoms with Crippen LogP contribution < -0.4 is 20.1 Å². The van der Waals surface area contributed by atoms with Crippen LogP contribution in [0.25, 0.3) is 6.08 Å². The number of nitrogens with two attached hydrogens (primary N) is 1. The monoisotopic (exact) mass is 338 g/mol. The van der Waals surface area contributed by atoms with Crippen molar-refractivity contribution in [1.82, 2.24) is 0 Å². The molecule has 0 aromatic heterocycles. The Hall–Kier alpha value is -2.95. The van der Waals surface area contributed by atoms with Crippen LogP contribution in [0.15, 0.2) is 48.2 Å². The van der Waals surface area contributed by atoms with Crippen LogP contribution in [0.5, 0.6) is 11.5 Å². The standard InChI is InChI=1S/C20H22N2O3/c1-3-4-11-22-17-10-7-15(21)13-18(17)25-19(20(22)23)12-14-5-8-16(24-2)9-6-14/h5-10,12-13H,3-4,11,21H2,1-2H3/b19-12+. The van der Waals surface area contributed by atoms with Gasteiger partial charge in [0.1, 0.15) is 5.75 Å². The van der Waals surface area contributed by atoms with E-state index in [1.807, 2.05) is 30.3 Å². The number of rotatable bonds is 5. The fraction of sp³-hybridized carbons (Fsp3) is 0.250. The van der Waals surface area contributed by atoms with Gasteiger partial charge in [0, 0.05) is 18.3 Å². The number of hydrogen-bond donors (Lipinski definition) is 1. The maximum Gasteiger partial charge on any atom is 0.294 e. The van der Waals surface area contributed by atoms with Crippen molar-refractivity contribution in [2.45, 2.75) is 19.8 Å². The van der Waals surface area contributed by atoms with Crippen LogP contribution in [-0.4, -0.2) is 19.6 Å². The highest BCUT2D eigenvalue weighted by Gasteiger charge is 2.30. The van der Waals surface area contributed by atoms with E-state index in [9.17, 15) is 4.79 Å². The van der Waals surface area contributed by atoms with E-state index in [1.165, 1.54) is 0 Å². The van der Waals surface area contributed by atoms with Crippen LogP contribution in [0.2, 0.25) is 0 Å². The SMILES string of the molecule is CCCCN1C(=O)/C(=C\c2ccc(OC)cc2)Oc2cc(N)ccc21. The third kappa shape index (κ3) is 3.60. The molecule has 0 saturated carbocycles. The zero-order valence-electron chi connectivity index (χ0n) is 14.5. The average Bonchev–Trinajstić information content (AvgIpc) is 2.62. The number of carbonyl (C=O) groups is 1. The summed E-state index contributed by atoms with van der Waals surface area (Å²) in [6.07, 6.45) is 3.67. The Kier molecular flexibility index (Phi) is 4.93. The summed E-state index contributed by atoms with van der Waals surface area (Å²) < 4.78 is 11.0. The molecule has 130 valence electrons. The van der Waals surface area contributed by atoms with Gasteiger partial charge in [-0.15, -0.1) is 0 Å². The first-order chi connectivity index (χ1) is 12.1. The first-order valence-corrected chi connectivity index (χ1v) is 8.37. The topological polar surface area (TPSA) is 64.8 Å². The average molecular weight is 338 g/mol. The predicted molar refractivity (Wildman–Crippen MR) is 99.7 cm³/mol. The summed E-state index contributed by atoms with van der Waals surface area (Å²) in [7, 11) is 1.62. The van der Waals surface area contributed by atoms with Crippen LogP contribution in [-0.2, 0) is 4.79 Å². The first-order valence-electron chi connectivity index (χ1n) is 8.37. The number of anilines is 2. The lowest BCUT2D eigenvalue weighted by atomic mass is 10.1. The molecule has 2 aromatic rings. The summed E-state index contributed by atoms with van der Waals surface area (Å²) in [6, 6.07) is 12.8. The summed E-state index contributed by atoms with van der Waals surface area (Å²) >= 11 is 0. The minimum Gasteiger partial charge on any atom is -0.497 e. The molecule has 0 unspecified atom stereocenters. The second-order valence-electron chi connectivity index (χ2n) is 5.92. The molecule has 0 aliphatic carbocycles. The number of hydrogen-bond acceptors (Lipinski definition) is 4. The van der Waals surface area contributed by atoms with E-state index < -0.39 is 0 Å². The maximum atomic E-state index is 12.9. The molecule has 1 aliphatic heterocycles. The molecule has 0 fully saturated rings. The summed E-state index contributed by atoms with van der Waals surface area (Å²) in [5.41, 5.74) is 8.11. The smallest absolute Gasteiger partial charge is 0.294 e. The number of nitrogen functional groups attached to an aromatic ring is 1. The van der Waals surface area contributed by atoms with E-state index in [1.54, 1.807) is 30.2 Å². The fourth-order valence-electron chi connectivity index (χ4n) is 2.72. The molecule has 5 nitrogen and oxygen atoms in total. The lowest BCUT2D eigenvalue weighted by Crippen LogP contribution is -2.38. The van der Waals surface area contributed by atoms with Crippen LogP contribution in [0, 0.1) is 0 Å².